The average molecular weight is 262 g/mol. The van der Waals surface area contributed by atoms with E-state index in [9.17, 15) is 4.79 Å². The van der Waals surface area contributed by atoms with Gasteiger partial charge in [-0.1, -0.05) is 0 Å². The van der Waals surface area contributed by atoms with Gasteiger partial charge in [-0.3, -0.25) is 14.2 Å². The number of carbonyl (C=O) groups is 1. The Morgan fingerprint density at radius 2 is 2.26 bits per heavy atom. The number of amides is 1. The van der Waals surface area contributed by atoms with Crippen LogP contribution in [0.1, 0.15) is 22.6 Å². The number of anilines is 1. The topological polar surface area (TPSA) is 90.8 Å². The number of nitrogens with two attached hydrogens (primary N) is 1. The quantitative estimate of drug-likeness (QED) is 0.760. The summed E-state index contributed by atoms with van der Waals surface area (Å²) in [6.45, 7) is 3.28. The fourth-order valence-corrected chi connectivity index (χ4v) is 1.80. The van der Waals surface area contributed by atoms with Gasteiger partial charge in [0.1, 0.15) is 0 Å². The van der Waals surface area contributed by atoms with Crippen molar-refractivity contribution >= 4 is 11.6 Å². The SMILES string of the molecule is Cc1ccn(CCCNC(=O)c2nn(C)cc2N)n1. The highest BCUT2D eigenvalue weighted by molar-refractivity contribution is 5.96. The molecule has 102 valence electrons. The second-order valence-electron chi connectivity index (χ2n) is 4.44. The molecule has 2 aromatic rings. The minimum Gasteiger partial charge on any atom is -0.396 e. The maximum Gasteiger partial charge on any atom is 0.273 e. The fourth-order valence-electron chi connectivity index (χ4n) is 1.80. The molecular formula is C12H18N6O. The molecule has 0 aromatic carbocycles. The van der Waals surface area contributed by atoms with Crippen molar-refractivity contribution in [2.24, 2.45) is 7.05 Å². The van der Waals surface area contributed by atoms with E-state index in [2.05, 4.69) is 15.5 Å². The molecule has 0 bridgehead atoms. The van der Waals surface area contributed by atoms with Gasteiger partial charge in [0.2, 0.25) is 0 Å². The number of hydrogen-bond donors (Lipinski definition) is 2. The molecule has 0 unspecified atom stereocenters. The van der Waals surface area contributed by atoms with Crippen LogP contribution in [0, 0.1) is 6.92 Å². The van der Waals surface area contributed by atoms with E-state index in [4.69, 9.17) is 5.73 Å². The predicted molar refractivity (Wildman–Crippen MR) is 71.5 cm³/mol. The van der Waals surface area contributed by atoms with Gasteiger partial charge in [0, 0.05) is 32.5 Å². The van der Waals surface area contributed by atoms with Crippen molar-refractivity contribution in [3.8, 4) is 0 Å². The number of carbonyl (C=O) groups excluding carboxylic acids is 1. The Balaban J connectivity index is 1.77. The Hall–Kier alpha value is -2.31. The van der Waals surface area contributed by atoms with Crippen LogP contribution in [-0.4, -0.2) is 32.0 Å². The predicted octanol–water partition coefficient (Wildman–Crippen LogP) is 0.327. The standard InChI is InChI=1S/C12H18N6O/c1-9-4-7-18(15-9)6-3-5-14-12(19)11-10(13)8-17(2)16-11/h4,7-8H,3,5-6,13H2,1-2H3,(H,14,19). The summed E-state index contributed by atoms with van der Waals surface area (Å²) in [7, 11) is 1.73. The number of rotatable bonds is 5. The highest BCUT2D eigenvalue weighted by atomic mass is 16.1. The van der Waals surface area contributed by atoms with E-state index in [0.717, 1.165) is 18.7 Å². The molecule has 2 heterocycles. The summed E-state index contributed by atoms with van der Waals surface area (Å²) < 4.78 is 3.38. The molecule has 0 aliphatic carbocycles. The first-order chi connectivity index (χ1) is 9.06. The van der Waals surface area contributed by atoms with Gasteiger partial charge >= 0.3 is 0 Å². The van der Waals surface area contributed by atoms with E-state index in [1.54, 1.807) is 13.2 Å². The lowest BCUT2D eigenvalue weighted by molar-refractivity contribution is 0.0947. The van der Waals surface area contributed by atoms with Crippen molar-refractivity contribution < 1.29 is 4.79 Å². The first-order valence-electron chi connectivity index (χ1n) is 6.13. The highest BCUT2D eigenvalue weighted by Crippen LogP contribution is 2.07. The van der Waals surface area contributed by atoms with Crippen molar-refractivity contribution in [1.29, 1.82) is 0 Å². The Morgan fingerprint density at radius 1 is 1.47 bits per heavy atom. The third kappa shape index (κ3) is 3.34. The van der Waals surface area contributed by atoms with Gasteiger partial charge in [0.25, 0.3) is 5.91 Å². The molecule has 2 aromatic heterocycles. The highest BCUT2D eigenvalue weighted by Gasteiger charge is 2.12. The van der Waals surface area contributed by atoms with Crippen molar-refractivity contribution in [2.75, 3.05) is 12.3 Å². The minimum atomic E-state index is -0.241. The van der Waals surface area contributed by atoms with E-state index in [1.165, 1.54) is 4.68 Å². The first-order valence-corrected chi connectivity index (χ1v) is 6.13. The second-order valence-corrected chi connectivity index (χ2v) is 4.44. The van der Waals surface area contributed by atoms with Crippen LogP contribution in [0.2, 0.25) is 0 Å². The summed E-state index contributed by atoms with van der Waals surface area (Å²) in [5.74, 6) is -0.241. The van der Waals surface area contributed by atoms with Crippen LogP contribution in [0.5, 0.6) is 0 Å². The molecule has 7 nitrogen and oxygen atoms in total. The zero-order valence-corrected chi connectivity index (χ0v) is 11.1. The Kier molecular flexibility index (Phi) is 3.84. The molecule has 1 amide bonds. The molecule has 0 fully saturated rings. The number of nitrogens with zero attached hydrogens (tertiary/aromatic N) is 4. The zero-order chi connectivity index (χ0) is 13.8. The minimum absolute atomic E-state index is 0.241. The van der Waals surface area contributed by atoms with Crippen LogP contribution in [0.4, 0.5) is 5.69 Å². The van der Waals surface area contributed by atoms with Crippen molar-refractivity contribution in [1.82, 2.24) is 24.9 Å². The van der Waals surface area contributed by atoms with Gasteiger partial charge in [0.15, 0.2) is 5.69 Å². The third-order valence-corrected chi connectivity index (χ3v) is 2.70. The largest absolute Gasteiger partial charge is 0.396 e. The molecule has 0 spiro atoms. The number of nitrogens with one attached hydrogen (secondary N) is 1. The van der Waals surface area contributed by atoms with E-state index in [-0.39, 0.29) is 11.6 Å². The van der Waals surface area contributed by atoms with Crippen LogP contribution in [0.25, 0.3) is 0 Å². The zero-order valence-electron chi connectivity index (χ0n) is 11.1. The van der Waals surface area contributed by atoms with E-state index in [0.29, 0.717) is 12.2 Å². The molecule has 0 saturated carbocycles. The average Bonchev–Trinajstić information content (AvgIpc) is 2.90. The van der Waals surface area contributed by atoms with Gasteiger partial charge in [-0.25, -0.2) is 0 Å². The lowest BCUT2D eigenvalue weighted by atomic mass is 10.3. The first kappa shape index (κ1) is 13.1. The third-order valence-electron chi connectivity index (χ3n) is 2.70. The summed E-state index contributed by atoms with van der Waals surface area (Å²) >= 11 is 0. The molecule has 0 aliphatic rings. The molecular weight excluding hydrogens is 244 g/mol. The van der Waals surface area contributed by atoms with Crippen LogP contribution in [0.15, 0.2) is 18.5 Å². The van der Waals surface area contributed by atoms with Gasteiger partial charge in [-0.15, -0.1) is 0 Å². The number of hydrogen-bond acceptors (Lipinski definition) is 4. The molecule has 7 heteroatoms. The van der Waals surface area contributed by atoms with Gasteiger partial charge < -0.3 is 11.1 Å². The molecule has 0 radical (unpaired) electrons. The molecule has 0 aliphatic heterocycles. The van der Waals surface area contributed by atoms with Crippen molar-refractivity contribution in [2.45, 2.75) is 19.9 Å². The number of aromatic nitrogens is 4. The Bertz CT molecular complexity index is 571. The van der Waals surface area contributed by atoms with Gasteiger partial charge in [0.05, 0.1) is 11.4 Å². The fraction of sp³-hybridized carbons (Fsp3) is 0.417. The lowest BCUT2D eigenvalue weighted by Gasteiger charge is -2.04. The number of nitrogen functional groups attached to an aromatic ring is 1. The molecule has 3 N–H and O–H groups in total. The normalized spacial score (nSPS) is 10.6. The molecule has 19 heavy (non-hydrogen) atoms. The summed E-state index contributed by atoms with van der Waals surface area (Å²) in [4.78, 5) is 11.8. The van der Waals surface area contributed by atoms with Crippen LogP contribution >= 0.6 is 0 Å². The second kappa shape index (κ2) is 5.55. The van der Waals surface area contributed by atoms with E-state index < -0.39 is 0 Å². The Morgan fingerprint density at radius 3 is 2.84 bits per heavy atom. The van der Waals surface area contributed by atoms with E-state index >= 15 is 0 Å². The maximum atomic E-state index is 11.8. The molecule has 0 atom stereocenters. The van der Waals surface area contributed by atoms with Gasteiger partial charge in [-0.05, 0) is 19.4 Å². The molecule has 0 saturated heterocycles. The van der Waals surface area contributed by atoms with Gasteiger partial charge in [-0.2, -0.15) is 10.2 Å². The van der Waals surface area contributed by atoms with Crippen LogP contribution in [0.3, 0.4) is 0 Å². The van der Waals surface area contributed by atoms with Crippen LogP contribution in [-0.2, 0) is 13.6 Å². The van der Waals surface area contributed by atoms with Crippen molar-refractivity contribution in [3.63, 3.8) is 0 Å². The van der Waals surface area contributed by atoms with Crippen LogP contribution < -0.4 is 11.1 Å². The summed E-state index contributed by atoms with van der Waals surface area (Å²) in [5.41, 5.74) is 7.34. The summed E-state index contributed by atoms with van der Waals surface area (Å²) in [5, 5.41) is 11.1. The summed E-state index contributed by atoms with van der Waals surface area (Å²) in [6.07, 6.45) is 4.34. The summed E-state index contributed by atoms with van der Waals surface area (Å²) in [6, 6.07) is 1.95. The van der Waals surface area contributed by atoms with Crippen molar-refractivity contribution in [3.05, 3.63) is 29.8 Å². The lowest BCUT2D eigenvalue weighted by Crippen LogP contribution is -2.26. The maximum absolute atomic E-state index is 11.8. The number of aryl methyl sites for hydroxylation is 3. The molecule has 2 rings (SSSR count). The Labute approximate surface area is 111 Å². The monoisotopic (exact) mass is 262 g/mol. The smallest absolute Gasteiger partial charge is 0.273 e. The van der Waals surface area contributed by atoms with E-state index in [1.807, 2.05) is 23.9 Å².